The Labute approximate surface area is 146 Å². The lowest BCUT2D eigenvalue weighted by Gasteiger charge is -2.36. The Kier molecular flexibility index (Phi) is 4.69. The van der Waals surface area contributed by atoms with E-state index in [-0.39, 0.29) is 11.8 Å². The minimum Gasteiger partial charge on any atom is -0.352 e. The summed E-state index contributed by atoms with van der Waals surface area (Å²) in [6.45, 7) is 1.97. The van der Waals surface area contributed by atoms with Crippen LogP contribution >= 0.6 is 0 Å². The summed E-state index contributed by atoms with van der Waals surface area (Å²) >= 11 is 0. The Bertz CT molecular complexity index is 707. The van der Waals surface area contributed by atoms with E-state index in [0.717, 1.165) is 25.9 Å². The fourth-order valence-corrected chi connectivity index (χ4v) is 3.50. The van der Waals surface area contributed by atoms with Gasteiger partial charge < -0.3 is 9.84 Å². The summed E-state index contributed by atoms with van der Waals surface area (Å²) in [5.74, 6) is 1.36. The highest BCUT2D eigenvalue weighted by Crippen LogP contribution is 2.26. The van der Waals surface area contributed by atoms with Crippen LogP contribution < -0.4 is 5.32 Å². The summed E-state index contributed by atoms with van der Waals surface area (Å²) in [7, 11) is 0. The van der Waals surface area contributed by atoms with E-state index in [1.807, 2.05) is 0 Å². The summed E-state index contributed by atoms with van der Waals surface area (Å²) in [5.41, 5.74) is 0.598. The van der Waals surface area contributed by atoms with Crippen LogP contribution in [0.4, 0.5) is 0 Å². The first-order chi connectivity index (χ1) is 12.3. The van der Waals surface area contributed by atoms with Crippen molar-refractivity contribution in [2.24, 2.45) is 0 Å². The van der Waals surface area contributed by atoms with E-state index in [9.17, 15) is 4.79 Å². The van der Waals surface area contributed by atoms with E-state index in [2.05, 4.69) is 30.3 Å². The number of nitrogens with zero attached hydrogens (tertiary/aromatic N) is 5. The topological polar surface area (TPSA) is 97.0 Å². The molecule has 3 heterocycles. The number of carbonyl (C=O) groups excluding carboxylic acids is 1. The molecular weight excluding hydrogens is 320 g/mol. The molecule has 1 saturated heterocycles. The van der Waals surface area contributed by atoms with Gasteiger partial charge in [0, 0.05) is 31.5 Å². The second kappa shape index (κ2) is 7.26. The molecule has 1 aliphatic carbocycles. The van der Waals surface area contributed by atoms with Crippen molar-refractivity contribution in [2.45, 2.75) is 44.1 Å². The van der Waals surface area contributed by atoms with Crippen LogP contribution in [-0.4, -0.2) is 56.6 Å². The third-order valence-electron chi connectivity index (χ3n) is 4.88. The van der Waals surface area contributed by atoms with Gasteiger partial charge in [-0.2, -0.15) is 4.98 Å². The van der Waals surface area contributed by atoms with E-state index in [4.69, 9.17) is 4.52 Å². The summed E-state index contributed by atoms with van der Waals surface area (Å²) in [6, 6.07) is 0.365. The molecule has 0 aromatic carbocycles. The minimum atomic E-state index is 0.121. The summed E-state index contributed by atoms with van der Waals surface area (Å²) in [4.78, 5) is 26.8. The number of likely N-dealkylation sites (tertiary alicyclic amines) is 1. The molecule has 4 rings (SSSR count). The SMILES string of the molecule is O=C(CN1CC(c2nc(-c3cnccn3)no2)C1)NC1CCCCC1. The fourth-order valence-electron chi connectivity index (χ4n) is 3.50. The lowest BCUT2D eigenvalue weighted by Crippen LogP contribution is -2.51. The number of nitrogens with one attached hydrogen (secondary N) is 1. The molecule has 25 heavy (non-hydrogen) atoms. The molecule has 0 unspecified atom stereocenters. The van der Waals surface area contributed by atoms with Crippen molar-refractivity contribution in [2.75, 3.05) is 19.6 Å². The van der Waals surface area contributed by atoms with Gasteiger partial charge in [-0.15, -0.1) is 0 Å². The van der Waals surface area contributed by atoms with Crippen LogP contribution in [0, 0.1) is 0 Å². The van der Waals surface area contributed by atoms with Gasteiger partial charge >= 0.3 is 0 Å². The van der Waals surface area contributed by atoms with Gasteiger partial charge in [-0.3, -0.25) is 14.7 Å². The van der Waals surface area contributed by atoms with Gasteiger partial charge in [-0.1, -0.05) is 24.4 Å². The standard InChI is InChI=1S/C17H22N6O2/c24-15(20-13-4-2-1-3-5-13)11-23-9-12(10-23)17-21-16(22-25-17)14-8-18-6-7-19-14/h6-8,12-13H,1-5,9-11H2,(H,20,24). The molecule has 1 aliphatic heterocycles. The maximum absolute atomic E-state index is 12.1. The Hall–Kier alpha value is -2.35. The molecule has 8 nitrogen and oxygen atoms in total. The molecule has 0 bridgehead atoms. The van der Waals surface area contributed by atoms with Gasteiger partial charge in [0.25, 0.3) is 0 Å². The zero-order valence-electron chi connectivity index (χ0n) is 14.1. The zero-order chi connectivity index (χ0) is 17.1. The minimum absolute atomic E-state index is 0.121. The molecule has 0 radical (unpaired) electrons. The van der Waals surface area contributed by atoms with Crippen molar-refractivity contribution in [3.8, 4) is 11.5 Å². The third-order valence-corrected chi connectivity index (χ3v) is 4.88. The molecule has 2 fully saturated rings. The lowest BCUT2D eigenvalue weighted by molar-refractivity contribution is -0.124. The highest BCUT2D eigenvalue weighted by molar-refractivity contribution is 5.78. The first-order valence-corrected chi connectivity index (χ1v) is 8.89. The van der Waals surface area contributed by atoms with Crippen molar-refractivity contribution in [1.82, 2.24) is 30.3 Å². The summed E-state index contributed by atoms with van der Waals surface area (Å²) in [5, 5.41) is 7.12. The Morgan fingerprint density at radius 1 is 1.24 bits per heavy atom. The molecule has 8 heteroatoms. The maximum Gasteiger partial charge on any atom is 0.234 e. The molecule has 2 aromatic rings. The molecule has 2 aromatic heterocycles. The van der Waals surface area contributed by atoms with Crippen molar-refractivity contribution in [1.29, 1.82) is 0 Å². The van der Waals surface area contributed by atoms with Gasteiger partial charge in [-0.05, 0) is 12.8 Å². The second-order valence-electron chi connectivity index (χ2n) is 6.84. The molecule has 1 N–H and O–H groups in total. The molecule has 0 atom stereocenters. The van der Waals surface area contributed by atoms with Crippen molar-refractivity contribution in [3.05, 3.63) is 24.5 Å². The first-order valence-electron chi connectivity index (χ1n) is 8.89. The molecule has 2 aliphatic rings. The molecule has 1 saturated carbocycles. The van der Waals surface area contributed by atoms with Crippen LogP contribution in [0.1, 0.15) is 43.9 Å². The van der Waals surface area contributed by atoms with Gasteiger partial charge in [0.15, 0.2) is 0 Å². The van der Waals surface area contributed by atoms with E-state index in [1.165, 1.54) is 19.3 Å². The lowest BCUT2D eigenvalue weighted by atomic mass is 9.95. The van der Waals surface area contributed by atoms with Crippen molar-refractivity contribution < 1.29 is 9.32 Å². The van der Waals surface area contributed by atoms with E-state index < -0.39 is 0 Å². The number of hydrogen-bond donors (Lipinski definition) is 1. The van der Waals surface area contributed by atoms with Crippen LogP contribution in [0.3, 0.4) is 0 Å². The largest absolute Gasteiger partial charge is 0.352 e. The number of amides is 1. The quantitative estimate of drug-likeness (QED) is 0.876. The normalized spacial score (nSPS) is 19.5. The second-order valence-corrected chi connectivity index (χ2v) is 6.84. The molecule has 1 amide bonds. The highest BCUT2D eigenvalue weighted by Gasteiger charge is 2.34. The van der Waals surface area contributed by atoms with Gasteiger partial charge in [0.1, 0.15) is 5.69 Å². The van der Waals surface area contributed by atoms with Crippen LogP contribution in [-0.2, 0) is 4.79 Å². The number of rotatable bonds is 5. The summed E-state index contributed by atoms with van der Waals surface area (Å²) in [6.07, 6.45) is 10.8. The zero-order valence-corrected chi connectivity index (χ0v) is 14.1. The fraction of sp³-hybridized carbons (Fsp3) is 0.588. The molecule has 132 valence electrons. The van der Waals surface area contributed by atoms with Crippen molar-refractivity contribution in [3.63, 3.8) is 0 Å². The monoisotopic (exact) mass is 342 g/mol. The smallest absolute Gasteiger partial charge is 0.234 e. The van der Waals surface area contributed by atoms with Crippen LogP contribution in [0.5, 0.6) is 0 Å². The van der Waals surface area contributed by atoms with Crippen LogP contribution in [0.25, 0.3) is 11.5 Å². The van der Waals surface area contributed by atoms with Crippen LogP contribution in [0.2, 0.25) is 0 Å². The molecule has 0 spiro atoms. The Balaban J connectivity index is 1.25. The van der Waals surface area contributed by atoms with Gasteiger partial charge in [0.05, 0.1) is 18.7 Å². The third kappa shape index (κ3) is 3.84. The Morgan fingerprint density at radius 2 is 2.08 bits per heavy atom. The highest BCUT2D eigenvalue weighted by atomic mass is 16.5. The average molecular weight is 342 g/mol. The maximum atomic E-state index is 12.1. The van der Waals surface area contributed by atoms with Crippen molar-refractivity contribution >= 4 is 5.91 Å². The summed E-state index contributed by atoms with van der Waals surface area (Å²) < 4.78 is 5.34. The van der Waals surface area contributed by atoms with E-state index in [0.29, 0.717) is 30.0 Å². The van der Waals surface area contributed by atoms with E-state index in [1.54, 1.807) is 18.6 Å². The number of carbonyl (C=O) groups is 1. The Morgan fingerprint density at radius 3 is 2.84 bits per heavy atom. The number of hydrogen-bond acceptors (Lipinski definition) is 7. The van der Waals surface area contributed by atoms with E-state index >= 15 is 0 Å². The van der Waals surface area contributed by atoms with Crippen LogP contribution in [0.15, 0.2) is 23.1 Å². The predicted octanol–water partition coefficient (Wildman–Crippen LogP) is 1.37. The molecular formula is C17H22N6O2. The van der Waals surface area contributed by atoms with Gasteiger partial charge in [-0.25, -0.2) is 4.98 Å². The predicted molar refractivity (Wildman–Crippen MR) is 89.5 cm³/mol. The van der Waals surface area contributed by atoms with Gasteiger partial charge in [0.2, 0.25) is 17.6 Å². The number of aromatic nitrogens is 4. The average Bonchev–Trinajstić information content (AvgIpc) is 3.09. The first kappa shape index (κ1) is 16.1.